The lowest BCUT2D eigenvalue weighted by Crippen LogP contribution is -2.54. The van der Waals surface area contributed by atoms with Gasteiger partial charge in [-0.1, -0.05) is 88.4 Å². The number of rotatable bonds is 14. The van der Waals surface area contributed by atoms with E-state index in [1.807, 2.05) is 24.3 Å². The van der Waals surface area contributed by atoms with Crippen LogP contribution in [0.5, 0.6) is 5.75 Å². The topological polar surface area (TPSA) is 141 Å². The summed E-state index contributed by atoms with van der Waals surface area (Å²) in [7, 11) is 0. The third kappa shape index (κ3) is 8.18. The first-order valence-corrected chi connectivity index (χ1v) is 15.9. The van der Waals surface area contributed by atoms with E-state index >= 15 is 0 Å². The predicted molar refractivity (Wildman–Crippen MR) is 183 cm³/mol. The Bertz CT molecular complexity index is 1800. The summed E-state index contributed by atoms with van der Waals surface area (Å²) in [5, 5.41) is 14.3. The monoisotopic (exact) mass is 692 g/mol. The molecule has 1 aliphatic rings. The molecule has 0 saturated heterocycles. The Kier molecular flexibility index (Phi) is 11.6. The van der Waals surface area contributed by atoms with E-state index in [4.69, 9.17) is 54.4 Å². The van der Waals surface area contributed by atoms with Crippen LogP contribution >= 0.6 is 34.8 Å². The van der Waals surface area contributed by atoms with Crippen LogP contribution in [0.4, 0.5) is 5.69 Å². The van der Waals surface area contributed by atoms with Crippen molar-refractivity contribution in [3.05, 3.63) is 139 Å². The number of ether oxygens (including phenoxy) is 2. The van der Waals surface area contributed by atoms with Gasteiger partial charge in [-0.3, -0.25) is 10.2 Å². The van der Waals surface area contributed by atoms with Crippen LogP contribution in [0.1, 0.15) is 34.8 Å². The molecule has 0 aromatic heterocycles. The van der Waals surface area contributed by atoms with Crippen molar-refractivity contribution < 1.29 is 19.4 Å². The normalized spacial score (nSPS) is 16.9. The van der Waals surface area contributed by atoms with E-state index < -0.39 is 17.6 Å². The van der Waals surface area contributed by atoms with Crippen LogP contribution in [0.3, 0.4) is 0 Å². The Labute approximate surface area is 286 Å². The minimum atomic E-state index is -1.62. The van der Waals surface area contributed by atoms with E-state index in [1.165, 1.54) is 0 Å². The molecule has 0 saturated carbocycles. The first-order chi connectivity index (χ1) is 22.8. The molecule has 5 rings (SSSR count). The summed E-state index contributed by atoms with van der Waals surface area (Å²) < 4.78 is 12.2. The van der Waals surface area contributed by atoms with E-state index in [0.717, 1.165) is 5.56 Å². The molecule has 1 aliphatic heterocycles. The number of amides is 1. The van der Waals surface area contributed by atoms with Crippen LogP contribution in [0.2, 0.25) is 15.1 Å². The molecule has 3 N–H and O–H groups in total. The lowest BCUT2D eigenvalue weighted by atomic mass is 9.81. The van der Waals surface area contributed by atoms with Gasteiger partial charge < -0.3 is 14.6 Å². The fourth-order valence-corrected chi connectivity index (χ4v) is 5.96. The number of azide groups is 1. The molecule has 10 nitrogen and oxygen atoms in total. The number of aliphatic hydroxyl groups excluding tert-OH is 1. The van der Waals surface area contributed by atoms with Crippen LogP contribution in [0.15, 0.2) is 101 Å². The minimum Gasteiger partial charge on any atom is -0.494 e. The van der Waals surface area contributed by atoms with Crippen LogP contribution in [-0.4, -0.2) is 42.2 Å². The Balaban J connectivity index is 1.55. The average molecular weight is 694 g/mol. The molecule has 4 aromatic carbocycles. The lowest BCUT2D eigenvalue weighted by Gasteiger charge is -2.31. The fraction of sp³-hybridized carbons (Fsp3) is 0.235. The predicted octanol–water partition coefficient (Wildman–Crippen LogP) is 7.71. The average Bonchev–Trinajstić information content (AvgIpc) is 3.45. The van der Waals surface area contributed by atoms with Crippen LogP contribution < -0.4 is 15.6 Å². The highest BCUT2D eigenvalue weighted by Gasteiger charge is 2.54. The molecule has 0 unspecified atom stereocenters. The van der Waals surface area contributed by atoms with Crippen molar-refractivity contribution in [2.24, 2.45) is 10.1 Å². The van der Waals surface area contributed by atoms with E-state index in [2.05, 4.69) is 20.9 Å². The molecule has 4 aromatic rings. The van der Waals surface area contributed by atoms with Gasteiger partial charge in [-0.25, -0.2) is 10.4 Å². The zero-order chi connectivity index (χ0) is 33.2. The number of carbonyl (C=O) groups excluding carboxylic acids is 1. The van der Waals surface area contributed by atoms with Gasteiger partial charge in [0.05, 0.1) is 6.61 Å². The molecular formula is C34H31Cl3N6O4. The first kappa shape index (κ1) is 34.1. The van der Waals surface area contributed by atoms with E-state index in [9.17, 15) is 10.3 Å². The molecule has 0 aliphatic carbocycles. The summed E-state index contributed by atoms with van der Waals surface area (Å²) in [5.41, 5.74) is 16.4. The van der Waals surface area contributed by atoms with Gasteiger partial charge in [-0.2, -0.15) is 0 Å². The summed E-state index contributed by atoms with van der Waals surface area (Å²) >= 11 is 19.3. The minimum absolute atomic E-state index is 0.00427. The highest BCUT2D eigenvalue weighted by atomic mass is 35.5. The summed E-state index contributed by atoms with van der Waals surface area (Å²) in [5.74, 6) is 0.311. The second kappa shape index (κ2) is 16.0. The maximum atomic E-state index is 14.5. The smallest absolute Gasteiger partial charge is 0.266 e. The number of aliphatic imine (C=N–C) groups is 1. The Morgan fingerprint density at radius 3 is 2.47 bits per heavy atom. The number of hydrazine groups is 1. The summed E-state index contributed by atoms with van der Waals surface area (Å²) in [6, 6.07) is 26.5. The summed E-state index contributed by atoms with van der Waals surface area (Å²) in [6.45, 7) is 0.767. The number of aliphatic hydroxyl groups is 1. The van der Waals surface area contributed by atoms with Gasteiger partial charge in [0, 0.05) is 62.8 Å². The molecular weight excluding hydrogens is 663 g/mol. The Hall–Kier alpha value is -4.28. The third-order valence-corrected chi connectivity index (χ3v) is 8.49. The number of nitrogens with zero attached hydrogens (tertiary/aromatic N) is 4. The van der Waals surface area contributed by atoms with Gasteiger partial charge in [-0.05, 0) is 65.5 Å². The standard InChI is InChI=1S/C34H31Cl3N6O4/c35-25-12-15-27(29(37)20-25)31-34(21-24-7-2-4-9-30(24)41-43-38,33(45)42-39-17-16-22-6-1-3-8-28(22)36)40-32(47-31)23-10-13-26(14-11-23)46-19-5-18-44/h1-4,6-15,20,31,39,44H,5,16-19,21H2,(H,42,45)/t31-,34-/m0/s1. The molecule has 0 bridgehead atoms. The number of benzene rings is 4. The van der Waals surface area contributed by atoms with Crippen molar-refractivity contribution in [1.82, 2.24) is 10.9 Å². The number of carbonyl (C=O) groups is 1. The Morgan fingerprint density at radius 1 is 1.00 bits per heavy atom. The third-order valence-electron chi connectivity index (χ3n) is 7.56. The number of nitrogens with one attached hydrogen (secondary N) is 2. The Morgan fingerprint density at radius 2 is 1.74 bits per heavy atom. The van der Waals surface area contributed by atoms with Crippen molar-refractivity contribution in [3.63, 3.8) is 0 Å². The van der Waals surface area contributed by atoms with Crippen molar-refractivity contribution in [1.29, 1.82) is 0 Å². The molecule has 0 radical (unpaired) electrons. The van der Waals surface area contributed by atoms with Gasteiger partial charge in [0.15, 0.2) is 11.6 Å². The second-order valence-electron chi connectivity index (χ2n) is 10.7. The zero-order valence-electron chi connectivity index (χ0n) is 25.1. The van der Waals surface area contributed by atoms with Crippen molar-refractivity contribution >= 4 is 52.3 Å². The number of hydrogen-bond donors (Lipinski definition) is 3. The molecule has 47 heavy (non-hydrogen) atoms. The van der Waals surface area contributed by atoms with Crippen molar-refractivity contribution in [2.75, 3.05) is 19.8 Å². The quantitative estimate of drug-likeness (QED) is 0.0408. The SMILES string of the molecule is [N-]=[N+]=Nc1ccccc1C[C@]1(C(=O)NNCCc2ccccc2Cl)N=C(c2ccc(OCCCO)cc2)O[C@H]1c1ccc(Cl)cc1Cl. The van der Waals surface area contributed by atoms with Crippen LogP contribution in [0, 0.1) is 0 Å². The number of hydrogen-bond acceptors (Lipinski definition) is 7. The summed E-state index contributed by atoms with van der Waals surface area (Å²) in [4.78, 5) is 22.4. The molecule has 242 valence electrons. The molecule has 2 atom stereocenters. The van der Waals surface area contributed by atoms with Gasteiger partial charge in [0.25, 0.3) is 5.91 Å². The summed E-state index contributed by atoms with van der Waals surface area (Å²) in [6.07, 6.45) is 0.0434. The first-order valence-electron chi connectivity index (χ1n) is 14.8. The van der Waals surface area contributed by atoms with E-state index in [-0.39, 0.29) is 18.9 Å². The second-order valence-corrected chi connectivity index (χ2v) is 11.9. The molecule has 13 heteroatoms. The van der Waals surface area contributed by atoms with Crippen LogP contribution in [0.25, 0.3) is 10.4 Å². The zero-order valence-corrected chi connectivity index (χ0v) is 27.3. The highest BCUT2D eigenvalue weighted by molar-refractivity contribution is 6.35. The number of halogens is 3. The molecule has 0 fully saturated rings. The van der Waals surface area contributed by atoms with Gasteiger partial charge in [-0.15, -0.1) is 0 Å². The van der Waals surface area contributed by atoms with Crippen LogP contribution in [-0.2, 0) is 22.4 Å². The maximum Gasteiger partial charge on any atom is 0.266 e. The highest BCUT2D eigenvalue weighted by Crippen LogP contribution is 2.46. The van der Waals surface area contributed by atoms with Gasteiger partial charge in [0.1, 0.15) is 5.75 Å². The molecule has 1 heterocycles. The molecule has 0 spiro atoms. The van der Waals surface area contributed by atoms with Crippen molar-refractivity contribution in [2.45, 2.75) is 30.9 Å². The fourth-order valence-electron chi connectivity index (χ4n) is 5.22. The lowest BCUT2D eigenvalue weighted by molar-refractivity contribution is -0.130. The van der Waals surface area contributed by atoms with Gasteiger partial charge >= 0.3 is 0 Å². The van der Waals surface area contributed by atoms with E-state index in [1.54, 1.807) is 66.7 Å². The van der Waals surface area contributed by atoms with Gasteiger partial charge in [0.2, 0.25) is 5.90 Å². The molecule has 1 amide bonds. The van der Waals surface area contributed by atoms with Crippen molar-refractivity contribution in [3.8, 4) is 5.75 Å². The maximum absolute atomic E-state index is 14.5. The largest absolute Gasteiger partial charge is 0.494 e. The van der Waals surface area contributed by atoms with E-state index in [0.29, 0.717) is 69.2 Å².